The number of hydrogen-bond donors (Lipinski definition) is 0. The van der Waals surface area contributed by atoms with Gasteiger partial charge >= 0.3 is 0 Å². The van der Waals surface area contributed by atoms with Crippen LogP contribution in [0.3, 0.4) is 0 Å². The summed E-state index contributed by atoms with van der Waals surface area (Å²) in [5.74, 6) is 2.78. The summed E-state index contributed by atoms with van der Waals surface area (Å²) in [4.78, 5) is 15.5. The van der Waals surface area contributed by atoms with Crippen molar-refractivity contribution in [3.8, 4) is 23.0 Å². The topological polar surface area (TPSA) is 57.2 Å². The number of methoxy groups -OCH3 is 4. The van der Waals surface area contributed by atoms with E-state index in [9.17, 15) is 4.79 Å². The van der Waals surface area contributed by atoms with Gasteiger partial charge in [0.15, 0.2) is 11.5 Å². The van der Waals surface area contributed by atoms with Crippen molar-refractivity contribution in [1.29, 1.82) is 0 Å². The Labute approximate surface area is 188 Å². The van der Waals surface area contributed by atoms with Crippen molar-refractivity contribution in [2.24, 2.45) is 0 Å². The van der Waals surface area contributed by atoms with Crippen LogP contribution in [0.15, 0.2) is 60.7 Å². The van der Waals surface area contributed by atoms with Crippen LogP contribution in [0, 0.1) is 0 Å². The number of nitrogens with zero attached hydrogens (tertiary/aromatic N) is 1. The summed E-state index contributed by atoms with van der Waals surface area (Å²) < 4.78 is 21.6. The molecular weight excluding hydrogens is 406 g/mol. The maximum atomic E-state index is 13.6. The molecule has 0 saturated heterocycles. The fourth-order valence-corrected chi connectivity index (χ4v) is 4.21. The van der Waals surface area contributed by atoms with Gasteiger partial charge in [-0.25, -0.2) is 0 Å². The Hall–Kier alpha value is -3.67. The highest BCUT2D eigenvalue weighted by Gasteiger charge is 2.34. The van der Waals surface area contributed by atoms with Crippen LogP contribution in [0.2, 0.25) is 0 Å². The highest BCUT2D eigenvalue weighted by atomic mass is 16.5. The molecule has 0 bridgehead atoms. The zero-order chi connectivity index (χ0) is 22.7. The summed E-state index contributed by atoms with van der Waals surface area (Å²) >= 11 is 0. The van der Waals surface area contributed by atoms with Gasteiger partial charge in [-0.05, 0) is 71.6 Å². The molecule has 6 nitrogen and oxygen atoms in total. The molecule has 0 spiro atoms. The fraction of sp³-hybridized carbons (Fsp3) is 0.269. The van der Waals surface area contributed by atoms with Crippen molar-refractivity contribution in [3.63, 3.8) is 0 Å². The fourth-order valence-electron chi connectivity index (χ4n) is 4.21. The van der Waals surface area contributed by atoms with Gasteiger partial charge in [-0.1, -0.05) is 12.1 Å². The second kappa shape index (κ2) is 9.22. The second-order valence-corrected chi connectivity index (χ2v) is 7.56. The maximum absolute atomic E-state index is 13.6. The van der Waals surface area contributed by atoms with Crippen LogP contribution in [-0.2, 0) is 6.42 Å². The van der Waals surface area contributed by atoms with Crippen LogP contribution in [0.1, 0.15) is 33.1 Å². The van der Waals surface area contributed by atoms with Gasteiger partial charge in [0.25, 0.3) is 5.91 Å². The predicted molar refractivity (Wildman–Crippen MR) is 122 cm³/mol. The van der Waals surface area contributed by atoms with Crippen molar-refractivity contribution in [1.82, 2.24) is 4.90 Å². The molecule has 0 unspecified atom stereocenters. The quantitative estimate of drug-likeness (QED) is 0.573. The number of amides is 1. The Balaban J connectivity index is 1.81. The minimum absolute atomic E-state index is 0.0334. The number of carbonyl (C=O) groups is 1. The van der Waals surface area contributed by atoms with E-state index in [1.807, 2.05) is 41.3 Å². The van der Waals surface area contributed by atoms with E-state index in [4.69, 9.17) is 18.9 Å². The summed E-state index contributed by atoms with van der Waals surface area (Å²) in [6.07, 6.45) is 0.726. The van der Waals surface area contributed by atoms with Gasteiger partial charge in [0.1, 0.15) is 11.5 Å². The summed E-state index contributed by atoms with van der Waals surface area (Å²) in [6, 6.07) is 18.8. The SMILES string of the molecule is COc1ccc(C(=O)N2CCc3cc(OC)c(OC)cc3[C@@H]2c2ccc(OC)cc2)cc1. The van der Waals surface area contributed by atoms with Gasteiger partial charge in [-0.3, -0.25) is 4.79 Å². The largest absolute Gasteiger partial charge is 0.497 e. The number of rotatable bonds is 6. The van der Waals surface area contributed by atoms with Crippen molar-refractivity contribution < 1.29 is 23.7 Å². The number of ether oxygens (including phenoxy) is 4. The van der Waals surface area contributed by atoms with E-state index in [2.05, 4.69) is 0 Å². The number of fused-ring (bicyclic) bond motifs is 1. The first-order valence-corrected chi connectivity index (χ1v) is 10.4. The Morgan fingerprint density at radius 1 is 0.781 bits per heavy atom. The summed E-state index contributed by atoms with van der Waals surface area (Å²) in [6.45, 7) is 0.587. The third-order valence-electron chi connectivity index (χ3n) is 5.90. The molecule has 1 aliphatic rings. The summed E-state index contributed by atoms with van der Waals surface area (Å²) in [7, 11) is 6.50. The lowest BCUT2D eigenvalue weighted by Crippen LogP contribution is -2.40. The summed E-state index contributed by atoms with van der Waals surface area (Å²) in [5.41, 5.74) is 3.79. The van der Waals surface area contributed by atoms with Crippen molar-refractivity contribution in [3.05, 3.63) is 82.9 Å². The van der Waals surface area contributed by atoms with Gasteiger partial charge in [0.05, 0.1) is 34.5 Å². The molecule has 1 aliphatic heterocycles. The highest BCUT2D eigenvalue weighted by Crippen LogP contribution is 2.41. The Morgan fingerprint density at radius 2 is 1.34 bits per heavy atom. The third-order valence-corrected chi connectivity index (χ3v) is 5.90. The molecule has 3 aromatic rings. The van der Waals surface area contributed by atoms with Crippen molar-refractivity contribution in [2.75, 3.05) is 35.0 Å². The van der Waals surface area contributed by atoms with E-state index in [1.165, 1.54) is 0 Å². The predicted octanol–water partition coefficient (Wildman–Crippen LogP) is 4.51. The molecular formula is C26H27NO5. The van der Waals surface area contributed by atoms with Gasteiger partial charge in [-0.15, -0.1) is 0 Å². The van der Waals surface area contributed by atoms with Crippen molar-refractivity contribution in [2.45, 2.75) is 12.5 Å². The molecule has 1 amide bonds. The molecule has 6 heteroatoms. The standard InChI is InChI=1S/C26H27NO5/c1-29-20-9-5-17(6-10-20)25-22-16-24(32-4)23(31-3)15-19(22)13-14-27(25)26(28)18-7-11-21(30-2)12-8-18/h5-12,15-16,25H,13-14H2,1-4H3/t25-/m0/s1. The average Bonchev–Trinajstić information content (AvgIpc) is 2.86. The minimum Gasteiger partial charge on any atom is -0.497 e. The van der Waals surface area contributed by atoms with Crippen LogP contribution in [0.4, 0.5) is 0 Å². The van der Waals surface area contributed by atoms with Crippen LogP contribution < -0.4 is 18.9 Å². The summed E-state index contributed by atoms with van der Waals surface area (Å²) in [5, 5.41) is 0. The molecule has 32 heavy (non-hydrogen) atoms. The lowest BCUT2D eigenvalue weighted by molar-refractivity contribution is 0.0694. The third kappa shape index (κ3) is 3.96. The number of hydrogen-bond acceptors (Lipinski definition) is 5. The molecule has 1 heterocycles. The highest BCUT2D eigenvalue weighted by molar-refractivity contribution is 5.95. The molecule has 0 aromatic heterocycles. The molecule has 3 aromatic carbocycles. The molecule has 166 valence electrons. The normalized spacial score (nSPS) is 15.0. The Bertz CT molecular complexity index is 1090. The zero-order valence-electron chi connectivity index (χ0n) is 18.8. The van der Waals surface area contributed by atoms with Crippen molar-refractivity contribution >= 4 is 5.91 Å². The van der Waals surface area contributed by atoms with Gasteiger partial charge in [0, 0.05) is 12.1 Å². The van der Waals surface area contributed by atoms with E-state index in [-0.39, 0.29) is 11.9 Å². The van der Waals surface area contributed by atoms with E-state index in [0.717, 1.165) is 28.9 Å². The molecule has 1 atom stereocenters. The Kier molecular flexibility index (Phi) is 6.21. The van der Waals surface area contributed by atoms with Crippen LogP contribution in [0.5, 0.6) is 23.0 Å². The van der Waals surface area contributed by atoms with E-state index in [0.29, 0.717) is 29.4 Å². The van der Waals surface area contributed by atoms with Gasteiger partial charge in [-0.2, -0.15) is 0 Å². The number of carbonyl (C=O) groups excluding carboxylic acids is 1. The molecule has 0 aliphatic carbocycles. The monoisotopic (exact) mass is 433 g/mol. The second-order valence-electron chi connectivity index (χ2n) is 7.56. The number of benzene rings is 3. The molecule has 0 N–H and O–H groups in total. The van der Waals surface area contributed by atoms with Crippen LogP contribution >= 0.6 is 0 Å². The molecule has 0 saturated carbocycles. The first-order chi connectivity index (χ1) is 15.6. The van der Waals surface area contributed by atoms with Gasteiger partial charge in [0.2, 0.25) is 0 Å². The van der Waals surface area contributed by atoms with Crippen LogP contribution in [-0.4, -0.2) is 45.8 Å². The lowest BCUT2D eigenvalue weighted by Gasteiger charge is -2.38. The molecule has 0 radical (unpaired) electrons. The van der Waals surface area contributed by atoms with E-state index >= 15 is 0 Å². The van der Waals surface area contributed by atoms with E-state index < -0.39 is 0 Å². The zero-order valence-corrected chi connectivity index (χ0v) is 18.8. The Morgan fingerprint density at radius 3 is 1.91 bits per heavy atom. The maximum Gasteiger partial charge on any atom is 0.254 e. The first kappa shape index (κ1) is 21.6. The van der Waals surface area contributed by atoms with Crippen LogP contribution in [0.25, 0.3) is 0 Å². The minimum atomic E-state index is -0.265. The van der Waals surface area contributed by atoms with E-state index in [1.54, 1.807) is 52.7 Å². The smallest absolute Gasteiger partial charge is 0.254 e. The van der Waals surface area contributed by atoms with Gasteiger partial charge < -0.3 is 23.8 Å². The average molecular weight is 434 g/mol. The molecule has 4 rings (SSSR count). The lowest BCUT2D eigenvalue weighted by atomic mass is 9.87. The first-order valence-electron chi connectivity index (χ1n) is 10.4. The molecule has 0 fully saturated rings.